The molecule has 2 heterocycles. The van der Waals surface area contributed by atoms with Gasteiger partial charge in [0.1, 0.15) is 18.1 Å². The number of hydrogen-bond acceptors (Lipinski definition) is 4. The highest BCUT2D eigenvalue weighted by Gasteiger charge is 2.13. The summed E-state index contributed by atoms with van der Waals surface area (Å²) in [6.07, 6.45) is 3.98. The lowest BCUT2D eigenvalue weighted by molar-refractivity contribution is 0.183. The first-order valence-corrected chi connectivity index (χ1v) is 10.0. The van der Waals surface area contributed by atoms with Crippen molar-refractivity contribution in [2.24, 2.45) is 0 Å². The van der Waals surface area contributed by atoms with Gasteiger partial charge in [0, 0.05) is 23.2 Å². The molecule has 0 amide bonds. The van der Waals surface area contributed by atoms with E-state index in [0.717, 1.165) is 47.0 Å². The normalized spacial score (nSPS) is 14.9. The third-order valence-corrected chi connectivity index (χ3v) is 5.42. The summed E-state index contributed by atoms with van der Waals surface area (Å²) in [5.74, 6) is 1.16. The average Bonchev–Trinajstić information content (AvgIpc) is 3.11. The first-order valence-electron chi connectivity index (χ1n) is 10.0. The third-order valence-electron chi connectivity index (χ3n) is 5.42. The summed E-state index contributed by atoms with van der Waals surface area (Å²) in [5.41, 5.74) is 5.05. The molecule has 1 saturated heterocycles. The van der Waals surface area contributed by atoms with E-state index in [1.807, 2.05) is 24.3 Å². The maximum Gasteiger partial charge on any atom is 0.119 e. The molecular weight excluding hydrogens is 350 g/mol. The minimum Gasteiger partial charge on any atom is -0.508 e. The van der Waals surface area contributed by atoms with E-state index in [2.05, 4.69) is 34.2 Å². The Balaban J connectivity index is 1.40. The molecule has 0 bridgehead atoms. The Bertz CT molecular complexity index is 895. The molecule has 0 aliphatic carbocycles. The summed E-state index contributed by atoms with van der Waals surface area (Å²) in [5, 5.41) is 17.1. The van der Waals surface area contributed by atoms with Gasteiger partial charge >= 0.3 is 0 Å². The zero-order valence-electron chi connectivity index (χ0n) is 16.3. The number of benzene rings is 2. The van der Waals surface area contributed by atoms with Crippen molar-refractivity contribution in [3.8, 4) is 34.0 Å². The van der Waals surface area contributed by atoms with Crippen LogP contribution >= 0.6 is 0 Å². The van der Waals surface area contributed by atoms with Crippen LogP contribution in [0.2, 0.25) is 0 Å². The van der Waals surface area contributed by atoms with Gasteiger partial charge in [0.2, 0.25) is 0 Å². The highest BCUT2D eigenvalue weighted by Crippen LogP contribution is 2.31. The Morgan fingerprint density at radius 2 is 1.64 bits per heavy atom. The van der Waals surface area contributed by atoms with Crippen LogP contribution in [0.15, 0.2) is 48.5 Å². The molecule has 2 aromatic carbocycles. The van der Waals surface area contributed by atoms with Gasteiger partial charge < -0.3 is 9.84 Å². The highest BCUT2D eigenvalue weighted by atomic mass is 16.5. The van der Waals surface area contributed by atoms with Crippen molar-refractivity contribution >= 4 is 0 Å². The van der Waals surface area contributed by atoms with Crippen LogP contribution in [0.5, 0.6) is 11.5 Å². The van der Waals surface area contributed by atoms with Gasteiger partial charge in [-0.15, -0.1) is 0 Å². The Morgan fingerprint density at radius 3 is 2.36 bits per heavy atom. The summed E-state index contributed by atoms with van der Waals surface area (Å²) in [6, 6.07) is 15.3. The van der Waals surface area contributed by atoms with Crippen LogP contribution in [-0.4, -0.2) is 46.4 Å². The second kappa shape index (κ2) is 8.48. The number of phenolic OH excluding ortho intramolecular Hbond substituents is 1. The van der Waals surface area contributed by atoms with Gasteiger partial charge in [-0.05, 0) is 81.4 Å². The standard InChI is InChI=1S/C23H27N3O2/c1-17-22(18-5-9-20(27)10-6-18)24-25-23(17)19-7-11-21(12-8-19)28-16-15-26-13-3-2-4-14-26/h5-12,27H,2-4,13-16H2,1H3,(H,24,25). The van der Waals surface area contributed by atoms with Crippen LogP contribution in [0.3, 0.4) is 0 Å². The third kappa shape index (κ3) is 4.20. The summed E-state index contributed by atoms with van der Waals surface area (Å²) in [4.78, 5) is 2.48. The molecule has 5 heteroatoms. The summed E-state index contributed by atoms with van der Waals surface area (Å²) >= 11 is 0. The maximum atomic E-state index is 9.47. The number of H-pyrrole nitrogens is 1. The molecule has 146 valence electrons. The number of nitrogens with zero attached hydrogens (tertiary/aromatic N) is 2. The van der Waals surface area contributed by atoms with Crippen LogP contribution in [0.1, 0.15) is 24.8 Å². The molecule has 5 nitrogen and oxygen atoms in total. The summed E-state index contributed by atoms with van der Waals surface area (Å²) in [7, 11) is 0. The van der Waals surface area contributed by atoms with E-state index in [1.165, 1.54) is 32.4 Å². The molecule has 2 N–H and O–H groups in total. The molecule has 1 aliphatic heterocycles. The molecule has 1 aromatic heterocycles. The number of nitrogens with one attached hydrogen (secondary N) is 1. The van der Waals surface area contributed by atoms with E-state index in [9.17, 15) is 5.11 Å². The zero-order chi connectivity index (χ0) is 19.3. The molecule has 1 aliphatic rings. The van der Waals surface area contributed by atoms with E-state index < -0.39 is 0 Å². The van der Waals surface area contributed by atoms with Gasteiger partial charge in [-0.1, -0.05) is 6.42 Å². The van der Waals surface area contributed by atoms with Crippen molar-refractivity contribution in [1.29, 1.82) is 0 Å². The number of hydrogen-bond donors (Lipinski definition) is 2. The van der Waals surface area contributed by atoms with Crippen molar-refractivity contribution < 1.29 is 9.84 Å². The van der Waals surface area contributed by atoms with E-state index in [1.54, 1.807) is 12.1 Å². The van der Waals surface area contributed by atoms with Crippen molar-refractivity contribution in [2.75, 3.05) is 26.2 Å². The number of likely N-dealkylation sites (tertiary alicyclic amines) is 1. The summed E-state index contributed by atoms with van der Waals surface area (Å²) < 4.78 is 5.92. The predicted molar refractivity (Wildman–Crippen MR) is 112 cm³/mol. The molecule has 0 saturated carbocycles. The van der Waals surface area contributed by atoms with Crippen LogP contribution in [-0.2, 0) is 0 Å². The number of ether oxygens (including phenoxy) is 1. The van der Waals surface area contributed by atoms with Crippen LogP contribution in [0.4, 0.5) is 0 Å². The fourth-order valence-electron chi connectivity index (χ4n) is 3.77. The zero-order valence-corrected chi connectivity index (χ0v) is 16.3. The molecule has 4 rings (SSSR count). The number of aromatic nitrogens is 2. The fourth-order valence-corrected chi connectivity index (χ4v) is 3.77. The fraction of sp³-hybridized carbons (Fsp3) is 0.348. The molecular formula is C23H27N3O2. The first kappa shape index (κ1) is 18.6. The predicted octanol–water partition coefficient (Wildman–Crippen LogP) is 4.62. The average molecular weight is 377 g/mol. The van der Waals surface area contributed by atoms with Crippen molar-refractivity contribution in [3.63, 3.8) is 0 Å². The molecule has 1 fully saturated rings. The number of phenols is 1. The van der Waals surface area contributed by atoms with Gasteiger partial charge in [-0.3, -0.25) is 10.00 Å². The van der Waals surface area contributed by atoms with Gasteiger partial charge in [0.05, 0.1) is 11.4 Å². The molecule has 0 spiro atoms. The maximum absolute atomic E-state index is 9.47. The lowest BCUT2D eigenvalue weighted by atomic mass is 10.0. The Labute approximate surface area is 166 Å². The van der Waals surface area contributed by atoms with Crippen molar-refractivity contribution in [1.82, 2.24) is 15.1 Å². The van der Waals surface area contributed by atoms with Gasteiger partial charge in [0.15, 0.2) is 0 Å². The number of aromatic hydroxyl groups is 1. The number of aromatic amines is 1. The summed E-state index contributed by atoms with van der Waals surface area (Å²) in [6.45, 7) is 6.18. The first-order chi connectivity index (χ1) is 13.7. The van der Waals surface area contributed by atoms with Gasteiger partial charge in [-0.2, -0.15) is 5.10 Å². The largest absolute Gasteiger partial charge is 0.508 e. The lowest BCUT2D eigenvalue weighted by Crippen LogP contribution is -2.33. The second-order valence-corrected chi connectivity index (χ2v) is 7.39. The lowest BCUT2D eigenvalue weighted by Gasteiger charge is -2.26. The Morgan fingerprint density at radius 1 is 0.964 bits per heavy atom. The van der Waals surface area contributed by atoms with Crippen molar-refractivity contribution in [2.45, 2.75) is 26.2 Å². The quantitative estimate of drug-likeness (QED) is 0.658. The van der Waals surface area contributed by atoms with Gasteiger partial charge in [-0.25, -0.2) is 0 Å². The van der Waals surface area contributed by atoms with Crippen LogP contribution in [0.25, 0.3) is 22.5 Å². The van der Waals surface area contributed by atoms with Crippen LogP contribution in [0, 0.1) is 6.92 Å². The monoisotopic (exact) mass is 377 g/mol. The Hall–Kier alpha value is -2.79. The minimum absolute atomic E-state index is 0.257. The highest BCUT2D eigenvalue weighted by molar-refractivity contribution is 5.74. The second-order valence-electron chi connectivity index (χ2n) is 7.39. The topological polar surface area (TPSA) is 61.4 Å². The van der Waals surface area contributed by atoms with E-state index in [-0.39, 0.29) is 5.75 Å². The van der Waals surface area contributed by atoms with Gasteiger partial charge in [0.25, 0.3) is 0 Å². The SMILES string of the molecule is Cc1c(-c2ccc(O)cc2)n[nH]c1-c1ccc(OCCN2CCCCC2)cc1. The molecule has 28 heavy (non-hydrogen) atoms. The smallest absolute Gasteiger partial charge is 0.119 e. The molecule has 3 aromatic rings. The van der Waals surface area contributed by atoms with Crippen molar-refractivity contribution in [3.05, 3.63) is 54.1 Å². The van der Waals surface area contributed by atoms with E-state index in [0.29, 0.717) is 0 Å². The number of rotatable bonds is 6. The molecule has 0 atom stereocenters. The molecule has 0 radical (unpaired) electrons. The number of piperidine rings is 1. The Kier molecular flexibility index (Phi) is 5.63. The minimum atomic E-state index is 0.257. The van der Waals surface area contributed by atoms with Crippen LogP contribution < -0.4 is 4.74 Å². The van der Waals surface area contributed by atoms with E-state index >= 15 is 0 Å². The van der Waals surface area contributed by atoms with E-state index in [4.69, 9.17) is 4.74 Å². The molecule has 0 unspecified atom stereocenters.